The molecule has 0 aromatic heterocycles. The normalized spacial score (nSPS) is 12.4. The summed E-state index contributed by atoms with van der Waals surface area (Å²) in [6.07, 6.45) is 0.891. The van der Waals surface area contributed by atoms with Crippen molar-refractivity contribution in [2.75, 3.05) is 0 Å². The highest BCUT2D eigenvalue weighted by Gasteiger charge is 2.04. The lowest BCUT2D eigenvalue weighted by Crippen LogP contribution is -2.17. The van der Waals surface area contributed by atoms with Crippen molar-refractivity contribution in [3.63, 3.8) is 0 Å². The van der Waals surface area contributed by atoms with Gasteiger partial charge in [0.15, 0.2) is 0 Å². The fourth-order valence-corrected chi connectivity index (χ4v) is 2.84. The van der Waals surface area contributed by atoms with Crippen LogP contribution in [-0.2, 0) is 6.42 Å². The minimum atomic E-state index is -0.201. The van der Waals surface area contributed by atoms with Gasteiger partial charge in [-0.05, 0) is 61.7 Å². The number of aryl methyl sites for hydroxylation is 1. The molecule has 0 radical (unpaired) electrons. The van der Waals surface area contributed by atoms with E-state index in [4.69, 9.17) is 5.73 Å². The van der Waals surface area contributed by atoms with Crippen molar-refractivity contribution in [1.82, 2.24) is 0 Å². The lowest BCUT2D eigenvalue weighted by atomic mass is 10.1. The summed E-state index contributed by atoms with van der Waals surface area (Å²) >= 11 is 1.65. The number of benzene rings is 2. The number of rotatable bonds is 4. The summed E-state index contributed by atoms with van der Waals surface area (Å²) in [5.74, 6) is -0.201. The molecule has 2 aromatic rings. The maximum Gasteiger partial charge on any atom is 0.123 e. The lowest BCUT2D eigenvalue weighted by Gasteiger charge is -2.10. The molecule has 0 saturated carbocycles. The van der Waals surface area contributed by atoms with E-state index >= 15 is 0 Å². The zero-order valence-electron chi connectivity index (χ0n) is 11.2. The van der Waals surface area contributed by atoms with Crippen LogP contribution in [0.4, 0.5) is 4.39 Å². The highest BCUT2D eigenvalue weighted by molar-refractivity contribution is 7.99. The molecule has 0 aliphatic carbocycles. The van der Waals surface area contributed by atoms with E-state index in [9.17, 15) is 4.39 Å². The molecule has 19 heavy (non-hydrogen) atoms. The number of nitrogens with two attached hydrogens (primary N) is 1. The van der Waals surface area contributed by atoms with Crippen molar-refractivity contribution < 1.29 is 4.39 Å². The fraction of sp³-hybridized carbons (Fsp3) is 0.250. The molecule has 0 saturated heterocycles. The summed E-state index contributed by atoms with van der Waals surface area (Å²) in [7, 11) is 0. The average Bonchev–Trinajstić information content (AvgIpc) is 2.34. The zero-order chi connectivity index (χ0) is 13.8. The van der Waals surface area contributed by atoms with Gasteiger partial charge in [0.05, 0.1) is 0 Å². The first kappa shape index (κ1) is 14.1. The third-order valence-corrected chi connectivity index (χ3v) is 4.02. The van der Waals surface area contributed by atoms with Gasteiger partial charge < -0.3 is 5.73 Å². The van der Waals surface area contributed by atoms with Crippen molar-refractivity contribution in [3.05, 3.63) is 59.4 Å². The Hall–Kier alpha value is -1.32. The molecule has 100 valence electrons. The van der Waals surface area contributed by atoms with Crippen LogP contribution in [0.1, 0.15) is 18.1 Å². The van der Waals surface area contributed by atoms with Gasteiger partial charge in [-0.2, -0.15) is 0 Å². The molecule has 0 fully saturated rings. The van der Waals surface area contributed by atoms with Gasteiger partial charge in [-0.3, -0.25) is 0 Å². The van der Waals surface area contributed by atoms with E-state index < -0.39 is 0 Å². The second-order valence-electron chi connectivity index (χ2n) is 4.84. The molecule has 2 rings (SSSR count). The van der Waals surface area contributed by atoms with Gasteiger partial charge in [0.2, 0.25) is 0 Å². The maximum atomic E-state index is 12.9. The van der Waals surface area contributed by atoms with Crippen LogP contribution < -0.4 is 5.73 Å². The van der Waals surface area contributed by atoms with Crippen LogP contribution in [0.5, 0.6) is 0 Å². The third kappa shape index (κ3) is 4.08. The van der Waals surface area contributed by atoms with Crippen molar-refractivity contribution in [3.8, 4) is 0 Å². The Morgan fingerprint density at radius 2 is 1.84 bits per heavy atom. The zero-order valence-corrected chi connectivity index (χ0v) is 12.0. The van der Waals surface area contributed by atoms with E-state index in [2.05, 4.69) is 25.1 Å². The van der Waals surface area contributed by atoms with Gasteiger partial charge in [-0.15, -0.1) is 0 Å². The molecule has 0 aliphatic rings. The van der Waals surface area contributed by atoms with Gasteiger partial charge in [0.25, 0.3) is 0 Å². The van der Waals surface area contributed by atoms with Gasteiger partial charge in [0, 0.05) is 15.8 Å². The average molecular weight is 275 g/mol. The number of halogens is 1. The van der Waals surface area contributed by atoms with Crippen LogP contribution >= 0.6 is 11.8 Å². The Morgan fingerprint density at radius 1 is 1.16 bits per heavy atom. The van der Waals surface area contributed by atoms with Gasteiger partial charge >= 0.3 is 0 Å². The first-order valence-electron chi connectivity index (χ1n) is 6.33. The summed E-state index contributed by atoms with van der Waals surface area (Å²) in [6, 6.07) is 13.2. The van der Waals surface area contributed by atoms with Crippen molar-refractivity contribution in [1.29, 1.82) is 0 Å². The third-order valence-electron chi connectivity index (χ3n) is 2.84. The van der Waals surface area contributed by atoms with Crippen molar-refractivity contribution in [2.24, 2.45) is 5.73 Å². The van der Waals surface area contributed by atoms with E-state index in [0.717, 1.165) is 11.3 Å². The summed E-state index contributed by atoms with van der Waals surface area (Å²) in [5.41, 5.74) is 8.30. The summed E-state index contributed by atoms with van der Waals surface area (Å²) in [4.78, 5) is 2.24. The summed E-state index contributed by atoms with van der Waals surface area (Å²) < 4.78 is 12.9. The summed E-state index contributed by atoms with van der Waals surface area (Å²) in [6.45, 7) is 4.10. The second kappa shape index (κ2) is 6.22. The Bertz CT molecular complexity index is 549. The topological polar surface area (TPSA) is 26.0 Å². The van der Waals surface area contributed by atoms with Crippen molar-refractivity contribution >= 4 is 11.8 Å². The molecule has 2 aromatic carbocycles. The van der Waals surface area contributed by atoms with Crippen LogP contribution in [-0.4, -0.2) is 6.04 Å². The fourth-order valence-electron chi connectivity index (χ4n) is 1.95. The molecule has 1 unspecified atom stereocenters. The van der Waals surface area contributed by atoms with Gasteiger partial charge in [0.1, 0.15) is 5.82 Å². The molecule has 0 spiro atoms. The van der Waals surface area contributed by atoms with Crippen LogP contribution in [0.2, 0.25) is 0 Å². The SMILES string of the molecule is Cc1cc(CC(C)N)ccc1Sc1ccc(F)cc1. The molecular weight excluding hydrogens is 257 g/mol. The molecule has 0 aliphatic heterocycles. The quantitative estimate of drug-likeness (QED) is 0.906. The smallest absolute Gasteiger partial charge is 0.123 e. The summed E-state index contributed by atoms with van der Waals surface area (Å²) in [5, 5.41) is 0. The maximum absolute atomic E-state index is 12.9. The van der Waals surface area contributed by atoms with Gasteiger partial charge in [-0.1, -0.05) is 23.9 Å². The van der Waals surface area contributed by atoms with Crippen LogP contribution in [0.3, 0.4) is 0 Å². The highest BCUT2D eigenvalue weighted by Crippen LogP contribution is 2.30. The Kier molecular flexibility index (Phi) is 4.61. The predicted molar refractivity (Wildman–Crippen MR) is 79.1 cm³/mol. The highest BCUT2D eigenvalue weighted by atomic mass is 32.2. The molecule has 1 nitrogen and oxygen atoms in total. The predicted octanol–water partition coefficient (Wildman–Crippen LogP) is 4.18. The minimum Gasteiger partial charge on any atom is -0.328 e. The van der Waals surface area contributed by atoms with E-state index in [1.54, 1.807) is 23.9 Å². The first-order chi connectivity index (χ1) is 9.04. The molecular formula is C16H18FNS. The Morgan fingerprint density at radius 3 is 2.42 bits per heavy atom. The molecule has 0 amide bonds. The standard InChI is InChI=1S/C16H18FNS/c1-11-9-13(10-12(2)18)3-8-16(11)19-15-6-4-14(17)5-7-15/h3-9,12H,10,18H2,1-2H3. The Balaban J connectivity index is 2.15. The second-order valence-corrected chi connectivity index (χ2v) is 5.95. The molecule has 0 bridgehead atoms. The number of hydrogen-bond acceptors (Lipinski definition) is 2. The van der Waals surface area contributed by atoms with Crippen LogP contribution in [0.25, 0.3) is 0 Å². The van der Waals surface area contributed by atoms with Crippen LogP contribution in [0.15, 0.2) is 52.3 Å². The number of hydrogen-bond donors (Lipinski definition) is 1. The monoisotopic (exact) mass is 275 g/mol. The lowest BCUT2D eigenvalue weighted by molar-refractivity contribution is 0.626. The van der Waals surface area contributed by atoms with Crippen molar-refractivity contribution in [2.45, 2.75) is 36.1 Å². The van der Waals surface area contributed by atoms with E-state index in [-0.39, 0.29) is 11.9 Å². The molecule has 2 N–H and O–H groups in total. The van der Waals surface area contributed by atoms with E-state index in [1.807, 2.05) is 6.92 Å². The Labute approximate surface area is 118 Å². The minimum absolute atomic E-state index is 0.176. The molecule has 1 atom stereocenters. The van der Waals surface area contributed by atoms with Gasteiger partial charge in [-0.25, -0.2) is 4.39 Å². The molecule has 0 heterocycles. The largest absolute Gasteiger partial charge is 0.328 e. The van der Waals surface area contributed by atoms with Crippen LogP contribution in [0, 0.1) is 12.7 Å². The first-order valence-corrected chi connectivity index (χ1v) is 7.15. The van der Waals surface area contributed by atoms with E-state index in [1.165, 1.54) is 28.2 Å². The molecule has 3 heteroatoms. The van der Waals surface area contributed by atoms with E-state index in [0.29, 0.717) is 0 Å².